The van der Waals surface area contributed by atoms with Crippen LogP contribution in [0.2, 0.25) is 0 Å². The minimum Gasteiger partial charge on any atom is -0.494 e. The first-order valence-corrected chi connectivity index (χ1v) is 6.55. The fraction of sp³-hybridized carbons (Fsp3) is 0.467. The molecule has 98 valence electrons. The van der Waals surface area contributed by atoms with E-state index in [1.807, 2.05) is 13.0 Å². The predicted octanol–water partition coefficient (Wildman–Crippen LogP) is 3.47. The molecule has 2 rings (SSSR count). The standard InChI is InChI=1S/C15H21NO2/c1-3-18-14-6-7-15-13(12-14)8-10-16(15)9-4-5-11-17-2/h6-8,10,12H,3-5,9,11H2,1-2H3. The van der Waals surface area contributed by atoms with Gasteiger partial charge in [-0.3, -0.25) is 0 Å². The molecule has 0 fully saturated rings. The van der Waals surface area contributed by atoms with Crippen LogP contribution in [0.3, 0.4) is 0 Å². The van der Waals surface area contributed by atoms with E-state index in [-0.39, 0.29) is 0 Å². The number of unbranched alkanes of at least 4 members (excludes halogenated alkanes) is 1. The molecule has 1 aromatic heterocycles. The van der Waals surface area contributed by atoms with Crippen molar-refractivity contribution in [2.45, 2.75) is 26.3 Å². The molecular formula is C15H21NO2. The molecule has 0 aliphatic heterocycles. The van der Waals surface area contributed by atoms with Gasteiger partial charge in [-0.15, -0.1) is 0 Å². The topological polar surface area (TPSA) is 23.4 Å². The van der Waals surface area contributed by atoms with Crippen LogP contribution < -0.4 is 4.74 Å². The van der Waals surface area contributed by atoms with Crippen molar-refractivity contribution in [2.24, 2.45) is 0 Å². The summed E-state index contributed by atoms with van der Waals surface area (Å²) in [6.45, 7) is 4.60. The SMILES string of the molecule is CCOc1ccc2c(ccn2CCCCOC)c1. The van der Waals surface area contributed by atoms with Crippen molar-refractivity contribution in [1.29, 1.82) is 0 Å². The summed E-state index contributed by atoms with van der Waals surface area (Å²) in [5.74, 6) is 0.946. The van der Waals surface area contributed by atoms with E-state index in [4.69, 9.17) is 9.47 Å². The van der Waals surface area contributed by atoms with Crippen LogP contribution in [-0.2, 0) is 11.3 Å². The fourth-order valence-electron chi connectivity index (χ4n) is 2.16. The molecule has 0 radical (unpaired) electrons. The molecule has 1 heterocycles. The first kappa shape index (κ1) is 13.0. The molecule has 0 amide bonds. The third kappa shape index (κ3) is 3.05. The molecule has 0 unspecified atom stereocenters. The number of benzene rings is 1. The summed E-state index contributed by atoms with van der Waals surface area (Å²) < 4.78 is 12.9. The molecule has 0 saturated heterocycles. The van der Waals surface area contributed by atoms with Crippen LogP contribution in [0, 0.1) is 0 Å². The van der Waals surface area contributed by atoms with E-state index in [9.17, 15) is 0 Å². The number of fused-ring (bicyclic) bond motifs is 1. The van der Waals surface area contributed by atoms with Gasteiger partial charge in [0.05, 0.1) is 6.61 Å². The Morgan fingerprint density at radius 3 is 2.83 bits per heavy atom. The predicted molar refractivity (Wildman–Crippen MR) is 74.2 cm³/mol. The Kier molecular flexibility index (Phi) is 4.65. The number of aromatic nitrogens is 1. The summed E-state index contributed by atoms with van der Waals surface area (Å²) in [6.07, 6.45) is 4.39. The maximum absolute atomic E-state index is 5.51. The normalized spacial score (nSPS) is 11.0. The maximum atomic E-state index is 5.51. The molecule has 1 aromatic carbocycles. The summed E-state index contributed by atoms with van der Waals surface area (Å²) in [4.78, 5) is 0. The summed E-state index contributed by atoms with van der Waals surface area (Å²) >= 11 is 0. The van der Waals surface area contributed by atoms with E-state index >= 15 is 0 Å². The number of hydrogen-bond acceptors (Lipinski definition) is 2. The quantitative estimate of drug-likeness (QED) is 0.699. The van der Waals surface area contributed by atoms with E-state index in [0.717, 1.165) is 31.7 Å². The Bertz CT molecular complexity index is 490. The Morgan fingerprint density at radius 1 is 1.17 bits per heavy atom. The largest absolute Gasteiger partial charge is 0.494 e. The van der Waals surface area contributed by atoms with Crippen LogP contribution in [0.5, 0.6) is 5.75 Å². The average molecular weight is 247 g/mol. The first-order chi connectivity index (χ1) is 8.85. The van der Waals surface area contributed by atoms with Crippen LogP contribution in [0.15, 0.2) is 30.5 Å². The van der Waals surface area contributed by atoms with Crippen LogP contribution in [0.4, 0.5) is 0 Å². The number of hydrogen-bond donors (Lipinski definition) is 0. The zero-order valence-corrected chi connectivity index (χ0v) is 11.2. The van der Waals surface area contributed by atoms with Gasteiger partial charge in [-0.2, -0.15) is 0 Å². The van der Waals surface area contributed by atoms with Crippen molar-refractivity contribution in [1.82, 2.24) is 4.57 Å². The van der Waals surface area contributed by atoms with Crippen molar-refractivity contribution in [2.75, 3.05) is 20.3 Å². The lowest BCUT2D eigenvalue weighted by molar-refractivity contribution is 0.191. The van der Waals surface area contributed by atoms with Crippen molar-refractivity contribution in [3.05, 3.63) is 30.5 Å². The molecule has 0 atom stereocenters. The third-order valence-electron chi connectivity index (χ3n) is 3.05. The van der Waals surface area contributed by atoms with E-state index in [1.54, 1.807) is 7.11 Å². The molecular weight excluding hydrogens is 226 g/mol. The van der Waals surface area contributed by atoms with Gasteiger partial charge in [-0.1, -0.05) is 0 Å². The van der Waals surface area contributed by atoms with Crippen LogP contribution in [-0.4, -0.2) is 24.9 Å². The molecule has 0 saturated carbocycles. The molecule has 0 bridgehead atoms. The van der Waals surface area contributed by atoms with Gasteiger partial charge < -0.3 is 14.0 Å². The van der Waals surface area contributed by atoms with Gasteiger partial charge in [-0.25, -0.2) is 0 Å². The minimum atomic E-state index is 0.712. The lowest BCUT2D eigenvalue weighted by Crippen LogP contribution is -1.98. The van der Waals surface area contributed by atoms with Gasteiger partial charge in [0.15, 0.2) is 0 Å². The summed E-state index contributed by atoms with van der Waals surface area (Å²) in [6, 6.07) is 8.42. The number of methoxy groups -OCH3 is 1. The van der Waals surface area contributed by atoms with E-state index in [1.165, 1.54) is 10.9 Å². The van der Waals surface area contributed by atoms with Crippen molar-refractivity contribution >= 4 is 10.9 Å². The third-order valence-corrected chi connectivity index (χ3v) is 3.05. The Balaban J connectivity index is 2.06. The second kappa shape index (κ2) is 6.45. The average Bonchev–Trinajstić information content (AvgIpc) is 2.78. The Labute approximate surface area is 108 Å². The molecule has 18 heavy (non-hydrogen) atoms. The van der Waals surface area contributed by atoms with Crippen LogP contribution in [0.1, 0.15) is 19.8 Å². The number of ether oxygens (including phenoxy) is 2. The summed E-state index contributed by atoms with van der Waals surface area (Å²) in [5.41, 5.74) is 1.27. The first-order valence-electron chi connectivity index (χ1n) is 6.55. The number of nitrogens with zero attached hydrogens (tertiary/aromatic N) is 1. The highest BCUT2D eigenvalue weighted by molar-refractivity contribution is 5.81. The second-order valence-corrected chi connectivity index (χ2v) is 4.36. The second-order valence-electron chi connectivity index (χ2n) is 4.36. The van der Waals surface area contributed by atoms with Crippen molar-refractivity contribution < 1.29 is 9.47 Å². The number of aryl methyl sites for hydroxylation is 1. The lowest BCUT2D eigenvalue weighted by atomic mass is 10.2. The molecule has 3 nitrogen and oxygen atoms in total. The van der Waals surface area contributed by atoms with Gasteiger partial charge in [0.25, 0.3) is 0 Å². The van der Waals surface area contributed by atoms with E-state index in [0.29, 0.717) is 6.61 Å². The van der Waals surface area contributed by atoms with Gasteiger partial charge in [0, 0.05) is 37.4 Å². The zero-order valence-electron chi connectivity index (χ0n) is 11.2. The van der Waals surface area contributed by atoms with Gasteiger partial charge in [-0.05, 0) is 44.0 Å². The molecule has 2 aromatic rings. The summed E-state index contributed by atoms with van der Waals surface area (Å²) in [7, 11) is 1.75. The minimum absolute atomic E-state index is 0.712. The smallest absolute Gasteiger partial charge is 0.120 e. The zero-order chi connectivity index (χ0) is 12.8. The molecule has 0 aliphatic rings. The Morgan fingerprint density at radius 2 is 2.06 bits per heavy atom. The highest BCUT2D eigenvalue weighted by Gasteiger charge is 2.02. The monoisotopic (exact) mass is 247 g/mol. The molecule has 0 N–H and O–H groups in total. The number of rotatable bonds is 7. The lowest BCUT2D eigenvalue weighted by Gasteiger charge is -2.06. The van der Waals surface area contributed by atoms with E-state index in [2.05, 4.69) is 29.0 Å². The van der Waals surface area contributed by atoms with E-state index < -0.39 is 0 Å². The van der Waals surface area contributed by atoms with Gasteiger partial charge in [0.2, 0.25) is 0 Å². The molecule has 0 aliphatic carbocycles. The fourth-order valence-corrected chi connectivity index (χ4v) is 2.16. The Hall–Kier alpha value is -1.48. The highest BCUT2D eigenvalue weighted by atomic mass is 16.5. The summed E-state index contributed by atoms with van der Waals surface area (Å²) in [5, 5.41) is 1.24. The maximum Gasteiger partial charge on any atom is 0.120 e. The molecule has 0 spiro atoms. The van der Waals surface area contributed by atoms with Gasteiger partial charge in [0.1, 0.15) is 5.75 Å². The van der Waals surface area contributed by atoms with Crippen molar-refractivity contribution in [3.8, 4) is 5.75 Å². The molecule has 3 heteroatoms. The van der Waals surface area contributed by atoms with Crippen LogP contribution >= 0.6 is 0 Å². The highest BCUT2D eigenvalue weighted by Crippen LogP contribution is 2.22. The van der Waals surface area contributed by atoms with Crippen molar-refractivity contribution in [3.63, 3.8) is 0 Å². The van der Waals surface area contributed by atoms with Gasteiger partial charge >= 0.3 is 0 Å². The van der Waals surface area contributed by atoms with Crippen LogP contribution in [0.25, 0.3) is 10.9 Å².